The number of nitrogens with zero attached hydrogens (tertiary/aromatic N) is 1. The van der Waals surface area contributed by atoms with Crippen LogP contribution >= 0.6 is 0 Å². The smallest absolute Gasteiger partial charge is 0.257 e. The fourth-order valence-corrected chi connectivity index (χ4v) is 2.27. The molecule has 5 heteroatoms. The summed E-state index contributed by atoms with van der Waals surface area (Å²) in [5, 5.41) is 19.1. The molecule has 5 nitrogen and oxygen atoms in total. The minimum atomic E-state index is -0.374. The lowest BCUT2D eigenvalue weighted by Gasteiger charge is -2.27. The van der Waals surface area contributed by atoms with E-state index in [1.807, 2.05) is 6.92 Å². The van der Waals surface area contributed by atoms with Crippen molar-refractivity contribution >= 4 is 5.91 Å². The zero-order valence-electron chi connectivity index (χ0n) is 10.5. The number of phenols is 2. The first-order chi connectivity index (χ1) is 8.52. The second-order valence-electron chi connectivity index (χ2n) is 4.52. The number of ether oxygens (including phenoxy) is 1. The van der Waals surface area contributed by atoms with Crippen LogP contribution in [0.25, 0.3) is 0 Å². The van der Waals surface area contributed by atoms with Crippen LogP contribution in [0.15, 0.2) is 18.2 Å². The quantitative estimate of drug-likeness (QED) is 0.778. The first-order valence-electron chi connectivity index (χ1n) is 5.92. The van der Waals surface area contributed by atoms with Gasteiger partial charge in [0.2, 0.25) is 0 Å². The summed E-state index contributed by atoms with van der Waals surface area (Å²) >= 11 is 0. The molecule has 0 aromatic heterocycles. The van der Waals surface area contributed by atoms with Crippen molar-refractivity contribution in [2.75, 3.05) is 13.7 Å². The van der Waals surface area contributed by atoms with Gasteiger partial charge in [0.25, 0.3) is 5.91 Å². The molecule has 0 radical (unpaired) electrons. The number of phenolic OH excluding ortho intramolecular Hbond substituents is 2. The number of likely N-dealkylation sites (N-methyl/N-ethyl adjacent to an activating group) is 1. The van der Waals surface area contributed by atoms with Gasteiger partial charge in [-0.1, -0.05) is 6.07 Å². The summed E-state index contributed by atoms with van der Waals surface area (Å²) in [7, 11) is 1.68. The summed E-state index contributed by atoms with van der Waals surface area (Å²) in [6, 6.07) is 4.37. The molecule has 0 aliphatic carbocycles. The third-order valence-corrected chi connectivity index (χ3v) is 3.40. The van der Waals surface area contributed by atoms with Gasteiger partial charge in [0.15, 0.2) is 11.5 Å². The average Bonchev–Trinajstić information content (AvgIpc) is 2.77. The van der Waals surface area contributed by atoms with Crippen LogP contribution in [0.1, 0.15) is 23.7 Å². The Kier molecular flexibility index (Phi) is 3.43. The van der Waals surface area contributed by atoms with Gasteiger partial charge >= 0.3 is 0 Å². The van der Waals surface area contributed by atoms with Crippen molar-refractivity contribution in [3.8, 4) is 11.5 Å². The largest absolute Gasteiger partial charge is 0.504 e. The van der Waals surface area contributed by atoms with Gasteiger partial charge < -0.3 is 19.8 Å². The highest BCUT2D eigenvalue weighted by Gasteiger charge is 2.32. The van der Waals surface area contributed by atoms with Crippen LogP contribution in [0.3, 0.4) is 0 Å². The molecule has 1 saturated heterocycles. The second-order valence-corrected chi connectivity index (χ2v) is 4.52. The lowest BCUT2D eigenvalue weighted by atomic mass is 10.1. The zero-order chi connectivity index (χ0) is 13.3. The van der Waals surface area contributed by atoms with Crippen LogP contribution in [0.2, 0.25) is 0 Å². The molecule has 2 atom stereocenters. The molecule has 0 bridgehead atoms. The van der Waals surface area contributed by atoms with Crippen LogP contribution in [0.4, 0.5) is 0 Å². The molecule has 1 aliphatic rings. The van der Waals surface area contributed by atoms with Gasteiger partial charge in [-0.05, 0) is 25.5 Å². The molecule has 1 fully saturated rings. The first-order valence-corrected chi connectivity index (χ1v) is 5.92. The Morgan fingerprint density at radius 3 is 2.78 bits per heavy atom. The zero-order valence-corrected chi connectivity index (χ0v) is 10.5. The molecule has 2 rings (SSSR count). The molecular formula is C13H17NO4. The van der Waals surface area contributed by atoms with E-state index in [0.29, 0.717) is 6.61 Å². The van der Waals surface area contributed by atoms with Gasteiger partial charge in [0, 0.05) is 13.7 Å². The van der Waals surface area contributed by atoms with Crippen molar-refractivity contribution in [2.45, 2.75) is 25.5 Å². The third kappa shape index (κ3) is 2.13. The predicted octanol–water partition coefficient (Wildman–Crippen LogP) is 1.35. The molecule has 0 saturated carbocycles. The van der Waals surface area contributed by atoms with E-state index in [0.717, 1.165) is 6.42 Å². The van der Waals surface area contributed by atoms with Crippen LogP contribution < -0.4 is 0 Å². The van der Waals surface area contributed by atoms with E-state index in [9.17, 15) is 15.0 Å². The summed E-state index contributed by atoms with van der Waals surface area (Å²) in [5.41, 5.74) is 0.108. The lowest BCUT2D eigenvalue weighted by Crippen LogP contribution is -2.41. The monoisotopic (exact) mass is 251 g/mol. The summed E-state index contributed by atoms with van der Waals surface area (Å²) in [6.07, 6.45) is 0.765. The van der Waals surface area contributed by atoms with E-state index in [4.69, 9.17) is 4.74 Å². The Morgan fingerprint density at radius 2 is 2.17 bits per heavy atom. The SMILES string of the molecule is CC1OCCC1N(C)C(=O)c1cccc(O)c1O. The van der Waals surface area contributed by atoms with E-state index in [1.165, 1.54) is 18.2 Å². The maximum Gasteiger partial charge on any atom is 0.257 e. The number of hydrogen-bond acceptors (Lipinski definition) is 4. The molecule has 1 amide bonds. The molecule has 2 unspecified atom stereocenters. The molecular weight excluding hydrogens is 234 g/mol. The number of rotatable bonds is 2. The van der Waals surface area contributed by atoms with Gasteiger partial charge in [-0.25, -0.2) is 0 Å². The minimum Gasteiger partial charge on any atom is -0.504 e. The number of carbonyl (C=O) groups excluding carboxylic acids is 1. The van der Waals surface area contributed by atoms with Gasteiger partial charge in [-0.3, -0.25) is 4.79 Å². The van der Waals surface area contributed by atoms with Gasteiger partial charge in [0.05, 0.1) is 17.7 Å². The number of aromatic hydroxyl groups is 2. The first kappa shape index (κ1) is 12.7. The second kappa shape index (κ2) is 4.86. The summed E-state index contributed by atoms with van der Waals surface area (Å²) in [6.45, 7) is 2.55. The number of benzene rings is 1. The summed E-state index contributed by atoms with van der Waals surface area (Å²) < 4.78 is 5.42. The summed E-state index contributed by atoms with van der Waals surface area (Å²) in [4.78, 5) is 13.8. The third-order valence-electron chi connectivity index (χ3n) is 3.40. The Morgan fingerprint density at radius 1 is 1.44 bits per heavy atom. The van der Waals surface area contributed by atoms with E-state index < -0.39 is 0 Å². The number of para-hydroxylation sites is 1. The van der Waals surface area contributed by atoms with Gasteiger partial charge in [0.1, 0.15) is 0 Å². The highest BCUT2D eigenvalue weighted by Crippen LogP contribution is 2.30. The molecule has 0 spiro atoms. The molecule has 98 valence electrons. The van der Waals surface area contributed by atoms with Gasteiger partial charge in [-0.2, -0.15) is 0 Å². The molecule has 1 aromatic rings. The van der Waals surface area contributed by atoms with E-state index in [-0.39, 0.29) is 35.1 Å². The van der Waals surface area contributed by atoms with Crippen molar-refractivity contribution in [1.29, 1.82) is 0 Å². The maximum atomic E-state index is 12.2. The molecule has 18 heavy (non-hydrogen) atoms. The fourth-order valence-electron chi connectivity index (χ4n) is 2.27. The number of hydrogen-bond donors (Lipinski definition) is 2. The standard InChI is InChI=1S/C13H17NO4/c1-8-10(6-7-18-8)14(2)13(17)9-4-3-5-11(15)12(9)16/h3-5,8,10,15-16H,6-7H2,1-2H3. The van der Waals surface area contributed by atoms with E-state index in [2.05, 4.69) is 0 Å². The van der Waals surface area contributed by atoms with Crippen molar-refractivity contribution in [3.63, 3.8) is 0 Å². The normalized spacial score (nSPS) is 23.0. The average molecular weight is 251 g/mol. The van der Waals surface area contributed by atoms with Crippen LogP contribution in [0.5, 0.6) is 11.5 Å². The molecule has 1 aromatic carbocycles. The molecule has 2 N–H and O–H groups in total. The predicted molar refractivity (Wildman–Crippen MR) is 65.7 cm³/mol. The lowest BCUT2D eigenvalue weighted by molar-refractivity contribution is 0.0571. The number of carbonyl (C=O) groups is 1. The Balaban J connectivity index is 2.23. The van der Waals surface area contributed by atoms with Crippen molar-refractivity contribution in [2.24, 2.45) is 0 Å². The fraction of sp³-hybridized carbons (Fsp3) is 0.462. The van der Waals surface area contributed by atoms with E-state index in [1.54, 1.807) is 11.9 Å². The summed E-state index contributed by atoms with van der Waals surface area (Å²) in [5.74, 6) is -0.975. The molecule has 1 heterocycles. The minimum absolute atomic E-state index is 0.000695. The highest BCUT2D eigenvalue weighted by molar-refractivity contribution is 5.97. The van der Waals surface area contributed by atoms with Crippen LogP contribution in [-0.4, -0.2) is 46.8 Å². The highest BCUT2D eigenvalue weighted by atomic mass is 16.5. The number of amides is 1. The maximum absolute atomic E-state index is 12.2. The van der Waals surface area contributed by atoms with Crippen molar-refractivity contribution in [3.05, 3.63) is 23.8 Å². The van der Waals surface area contributed by atoms with Gasteiger partial charge in [-0.15, -0.1) is 0 Å². The van der Waals surface area contributed by atoms with Crippen molar-refractivity contribution < 1.29 is 19.7 Å². The van der Waals surface area contributed by atoms with Crippen LogP contribution in [0, 0.1) is 0 Å². The topological polar surface area (TPSA) is 70.0 Å². The Labute approximate surface area is 106 Å². The van der Waals surface area contributed by atoms with E-state index >= 15 is 0 Å². The Bertz CT molecular complexity index is 460. The van der Waals surface area contributed by atoms with Crippen molar-refractivity contribution in [1.82, 2.24) is 4.90 Å². The Hall–Kier alpha value is -1.75. The molecule has 1 aliphatic heterocycles. The van der Waals surface area contributed by atoms with Crippen LogP contribution in [-0.2, 0) is 4.74 Å².